The first-order valence-electron chi connectivity index (χ1n) is 5.46. The average molecular weight is 261 g/mol. The predicted octanol–water partition coefficient (Wildman–Crippen LogP) is 1.50. The van der Waals surface area contributed by atoms with Crippen molar-refractivity contribution in [3.8, 4) is 6.01 Å². The van der Waals surface area contributed by atoms with Crippen LogP contribution in [0.15, 0.2) is 0 Å². The van der Waals surface area contributed by atoms with Crippen LogP contribution in [0.3, 0.4) is 0 Å². The summed E-state index contributed by atoms with van der Waals surface area (Å²) in [5, 5.41) is 12.4. The van der Waals surface area contributed by atoms with Crippen LogP contribution in [0, 0.1) is 0 Å². The summed E-state index contributed by atoms with van der Waals surface area (Å²) in [6.45, 7) is 6.07. The molecule has 6 nitrogen and oxygen atoms in total. The van der Waals surface area contributed by atoms with Crippen LogP contribution in [-0.2, 0) is 0 Å². The highest BCUT2D eigenvalue weighted by atomic mass is 35.5. The Morgan fingerprint density at radius 1 is 1.35 bits per heavy atom. The van der Waals surface area contributed by atoms with Crippen LogP contribution in [-0.4, -0.2) is 38.8 Å². The molecule has 0 aliphatic carbocycles. The van der Waals surface area contributed by atoms with Crippen molar-refractivity contribution in [2.24, 2.45) is 0 Å². The lowest BCUT2D eigenvalue weighted by molar-refractivity contribution is 0.218. The Labute approximate surface area is 105 Å². The van der Waals surface area contributed by atoms with Crippen molar-refractivity contribution in [3.05, 3.63) is 5.28 Å². The molecule has 0 saturated carbocycles. The van der Waals surface area contributed by atoms with Gasteiger partial charge in [-0.15, -0.1) is 0 Å². The number of hydrogen-bond acceptors (Lipinski definition) is 6. The lowest BCUT2D eigenvalue weighted by Crippen LogP contribution is -2.38. The predicted molar refractivity (Wildman–Crippen MR) is 65.4 cm³/mol. The highest BCUT2D eigenvalue weighted by Crippen LogP contribution is 2.17. The van der Waals surface area contributed by atoms with Crippen molar-refractivity contribution >= 4 is 17.5 Å². The molecule has 2 N–H and O–H groups in total. The molecule has 1 unspecified atom stereocenters. The van der Waals surface area contributed by atoms with Gasteiger partial charge in [0.2, 0.25) is 11.2 Å². The monoisotopic (exact) mass is 260 g/mol. The van der Waals surface area contributed by atoms with E-state index < -0.39 is 5.54 Å². The summed E-state index contributed by atoms with van der Waals surface area (Å²) in [6, 6.07) is 0.173. The van der Waals surface area contributed by atoms with Gasteiger partial charge in [-0.25, -0.2) is 0 Å². The first kappa shape index (κ1) is 13.9. The fraction of sp³-hybridized carbons (Fsp3) is 0.700. The molecule has 0 amide bonds. The summed E-state index contributed by atoms with van der Waals surface area (Å²) in [5.74, 6) is 0.298. The van der Waals surface area contributed by atoms with Gasteiger partial charge in [-0.3, -0.25) is 0 Å². The lowest BCUT2D eigenvalue weighted by atomic mass is 10.0. The summed E-state index contributed by atoms with van der Waals surface area (Å²) in [4.78, 5) is 11.8. The Morgan fingerprint density at radius 3 is 2.59 bits per heavy atom. The number of nitrogens with one attached hydrogen (secondary N) is 1. The maximum atomic E-state index is 9.29. The average Bonchev–Trinajstić information content (AvgIpc) is 2.28. The summed E-state index contributed by atoms with van der Waals surface area (Å²) in [7, 11) is 0. The molecule has 1 atom stereocenters. The summed E-state index contributed by atoms with van der Waals surface area (Å²) in [6.07, 6.45) is 0.719. The number of hydrogen-bond donors (Lipinski definition) is 2. The number of aromatic nitrogens is 3. The van der Waals surface area contributed by atoms with E-state index in [0.717, 1.165) is 6.42 Å². The van der Waals surface area contributed by atoms with E-state index in [0.29, 0.717) is 12.6 Å². The third-order valence-corrected chi connectivity index (χ3v) is 2.57. The van der Waals surface area contributed by atoms with Gasteiger partial charge in [0.25, 0.3) is 0 Å². The molecule has 0 aliphatic heterocycles. The maximum absolute atomic E-state index is 9.29. The molecular weight excluding hydrogens is 244 g/mol. The van der Waals surface area contributed by atoms with E-state index in [1.807, 2.05) is 20.8 Å². The molecule has 0 aliphatic rings. The number of aliphatic hydroxyl groups excluding tert-OH is 1. The first-order valence-corrected chi connectivity index (χ1v) is 5.84. The largest absolute Gasteiger partial charge is 0.464 e. The fourth-order valence-electron chi connectivity index (χ4n) is 1.09. The quantitative estimate of drug-likeness (QED) is 0.807. The zero-order valence-electron chi connectivity index (χ0n) is 10.2. The minimum Gasteiger partial charge on any atom is -0.464 e. The third kappa shape index (κ3) is 3.98. The second-order valence-corrected chi connectivity index (χ2v) is 4.18. The molecule has 1 aromatic rings. The third-order valence-electron chi connectivity index (χ3n) is 2.40. The Morgan fingerprint density at radius 2 is 2.06 bits per heavy atom. The van der Waals surface area contributed by atoms with Gasteiger partial charge >= 0.3 is 6.01 Å². The topological polar surface area (TPSA) is 80.2 Å². The summed E-state index contributed by atoms with van der Waals surface area (Å²) >= 11 is 5.76. The highest BCUT2D eigenvalue weighted by Gasteiger charge is 2.22. The fourth-order valence-corrected chi connectivity index (χ4v) is 1.24. The van der Waals surface area contributed by atoms with Crippen molar-refractivity contribution in [2.45, 2.75) is 32.7 Å². The van der Waals surface area contributed by atoms with Gasteiger partial charge in [-0.1, -0.05) is 6.92 Å². The van der Waals surface area contributed by atoms with E-state index in [1.54, 1.807) is 0 Å². The number of anilines is 1. The van der Waals surface area contributed by atoms with Crippen LogP contribution in [0.1, 0.15) is 27.2 Å². The minimum absolute atomic E-state index is 0.0310. The second kappa shape index (κ2) is 5.97. The molecule has 0 bridgehead atoms. The van der Waals surface area contributed by atoms with Crippen molar-refractivity contribution in [1.29, 1.82) is 0 Å². The molecule has 1 rings (SSSR count). The number of rotatable bonds is 6. The number of ether oxygens (including phenoxy) is 1. The van der Waals surface area contributed by atoms with E-state index in [4.69, 9.17) is 16.3 Å². The standard InChI is InChI=1S/C10H17ClN4O2/c1-4-10(3,6-16)15-8-12-7(11)13-9(14-8)17-5-2/h16H,4-6H2,1-3H3,(H,12,13,14,15). The van der Waals surface area contributed by atoms with E-state index >= 15 is 0 Å². The Hall–Kier alpha value is -1.14. The normalized spacial score (nSPS) is 14.2. The number of halogens is 1. The molecule has 96 valence electrons. The van der Waals surface area contributed by atoms with E-state index in [9.17, 15) is 5.11 Å². The molecule has 0 saturated heterocycles. The number of nitrogens with zero attached hydrogens (tertiary/aromatic N) is 3. The zero-order valence-corrected chi connectivity index (χ0v) is 11.0. The molecule has 0 fully saturated rings. The summed E-state index contributed by atoms with van der Waals surface area (Å²) in [5.41, 5.74) is -0.492. The van der Waals surface area contributed by atoms with Crippen molar-refractivity contribution in [1.82, 2.24) is 15.0 Å². The van der Waals surface area contributed by atoms with Crippen LogP contribution < -0.4 is 10.1 Å². The first-order chi connectivity index (χ1) is 8.03. The Kier molecular flexibility index (Phi) is 4.89. The molecule has 1 heterocycles. The molecule has 17 heavy (non-hydrogen) atoms. The molecule has 0 radical (unpaired) electrons. The zero-order chi connectivity index (χ0) is 12.9. The number of aliphatic hydroxyl groups is 1. The van der Waals surface area contributed by atoms with Crippen LogP contribution in [0.4, 0.5) is 5.95 Å². The van der Waals surface area contributed by atoms with Crippen molar-refractivity contribution in [2.75, 3.05) is 18.5 Å². The lowest BCUT2D eigenvalue weighted by Gasteiger charge is -2.27. The van der Waals surface area contributed by atoms with Crippen LogP contribution in [0.25, 0.3) is 0 Å². The van der Waals surface area contributed by atoms with Gasteiger partial charge in [0.05, 0.1) is 18.8 Å². The SMILES string of the molecule is CCOc1nc(Cl)nc(NC(C)(CC)CO)n1. The molecule has 0 aromatic carbocycles. The smallest absolute Gasteiger partial charge is 0.322 e. The Bertz CT molecular complexity index is 371. The Balaban J connectivity index is 2.90. The van der Waals surface area contributed by atoms with E-state index in [2.05, 4.69) is 20.3 Å². The minimum atomic E-state index is -0.492. The molecular formula is C10H17ClN4O2. The van der Waals surface area contributed by atoms with Gasteiger partial charge in [0, 0.05) is 0 Å². The van der Waals surface area contributed by atoms with Crippen LogP contribution in [0.5, 0.6) is 6.01 Å². The van der Waals surface area contributed by atoms with Crippen molar-refractivity contribution < 1.29 is 9.84 Å². The van der Waals surface area contributed by atoms with Gasteiger partial charge in [0.1, 0.15) is 0 Å². The van der Waals surface area contributed by atoms with E-state index in [1.165, 1.54) is 0 Å². The van der Waals surface area contributed by atoms with Crippen LogP contribution in [0.2, 0.25) is 5.28 Å². The van der Waals surface area contributed by atoms with Gasteiger partial charge in [-0.2, -0.15) is 15.0 Å². The van der Waals surface area contributed by atoms with Crippen LogP contribution >= 0.6 is 11.6 Å². The van der Waals surface area contributed by atoms with Gasteiger partial charge in [-0.05, 0) is 31.9 Å². The summed E-state index contributed by atoms with van der Waals surface area (Å²) < 4.78 is 5.16. The van der Waals surface area contributed by atoms with Crippen molar-refractivity contribution in [3.63, 3.8) is 0 Å². The molecule has 7 heteroatoms. The van der Waals surface area contributed by atoms with Gasteiger partial charge in [0.15, 0.2) is 0 Å². The molecule has 0 spiro atoms. The maximum Gasteiger partial charge on any atom is 0.322 e. The van der Waals surface area contributed by atoms with Gasteiger partial charge < -0.3 is 15.2 Å². The highest BCUT2D eigenvalue weighted by molar-refractivity contribution is 6.28. The molecule has 1 aromatic heterocycles. The second-order valence-electron chi connectivity index (χ2n) is 3.84. The van der Waals surface area contributed by atoms with E-state index in [-0.39, 0.29) is 17.9 Å².